The van der Waals surface area contributed by atoms with Crippen LogP contribution in [0.15, 0.2) is 48.5 Å². The Hall–Kier alpha value is -3.14. The molecule has 0 fully saturated rings. The van der Waals surface area contributed by atoms with Crippen molar-refractivity contribution in [2.45, 2.75) is 6.92 Å². The van der Waals surface area contributed by atoms with Gasteiger partial charge in [0.1, 0.15) is 11.8 Å². The Kier molecular flexibility index (Phi) is 5.55. The number of carbonyl (C=O) groups is 1. The third kappa shape index (κ3) is 4.53. The second kappa shape index (κ2) is 8.04. The molecule has 0 unspecified atom stereocenters. The molecule has 1 heterocycles. The van der Waals surface area contributed by atoms with E-state index in [1.54, 1.807) is 55.5 Å². The predicted octanol–water partition coefficient (Wildman–Crippen LogP) is 4.96. The minimum Gasteiger partial charge on any atom is -0.324 e. The van der Waals surface area contributed by atoms with Crippen LogP contribution in [-0.4, -0.2) is 15.9 Å². The number of amides is 1. The lowest BCUT2D eigenvalue weighted by Crippen LogP contribution is -2.16. The lowest BCUT2D eigenvalue weighted by atomic mass is 10.2. The molecule has 0 atom stereocenters. The van der Waals surface area contributed by atoms with Gasteiger partial charge in [0.05, 0.1) is 21.3 Å². The zero-order valence-electron chi connectivity index (χ0n) is 14.1. The van der Waals surface area contributed by atoms with Gasteiger partial charge in [-0.1, -0.05) is 35.3 Å². The van der Waals surface area contributed by atoms with Gasteiger partial charge in [0.25, 0.3) is 5.91 Å². The lowest BCUT2D eigenvalue weighted by Gasteiger charge is -2.10. The maximum Gasteiger partial charge on any atom is 0.274 e. The summed E-state index contributed by atoms with van der Waals surface area (Å²) in [6.07, 6.45) is 0. The number of nitrogens with zero attached hydrogens (tertiary/aromatic N) is 3. The summed E-state index contributed by atoms with van der Waals surface area (Å²) >= 11 is 11.9. The quantitative estimate of drug-likeness (QED) is 0.648. The number of hydrogen-bond acceptors (Lipinski definition) is 5. The van der Waals surface area contributed by atoms with Gasteiger partial charge in [-0.25, -0.2) is 9.97 Å². The first-order chi connectivity index (χ1) is 13.0. The van der Waals surface area contributed by atoms with Gasteiger partial charge in [-0.3, -0.25) is 4.79 Å². The number of aromatic nitrogens is 2. The Morgan fingerprint density at radius 3 is 2.59 bits per heavy atom. The van der Waals surface area contributed by atoms with E-state index in [2.05, 4.69) is 20.6 Å². The number of rotatable bonds is 4. The van der Waals surface area contributed by atoms with E-state index in [9.17, 15) is 4.79 Å². The van der Waals surface area contributed by atoms with Crippen LogP contribution in [0.1, 0.15) is 21.7 Å². The van der Waals surface area contributed by atoms with Gasteiger partial charge in [-0.2, -0.15) is 5.26 Å². The van der Waals surface area contributed by atoms with Crippen molar-refractivity contribution in [2.24, 2.45) is 0 Å². The van der Waals surface area contributed by atoms with E-state index in [4.69, 9.17) is 28.5 Å². The summed E-state index contributed by atoms with van der Waals surface area (Å²) in [6.45, 7) is 1.75. The zero-order valence-corrected chi connectivity index (χ0v) is 15.6. The molecule has 27 heavy (non-hydrogen) atoms. The molecule has 2 N–H and O–H groups in total. The van der Waals surface area contributed by atoms with E-state index in [1.807, 2.05) is 6.07 Å². The predicted molar refractivity (Wildman–Crippen MR) is 106 cm³/mol. The topological polar surface area (TPSA) is 90.7 Å². The van der Waals surface area contributed by atoms with Crippen LogP contribution in [0.5, 0.6) is 0 Å². The maximum absolute atomic E-state index is 12.6. The normalized spacial score (nSPS) is 10.1. The van der Waals surface area contributed by atoms with Gasteiger partial charge < -0.3 is 10.6 Å². The summed E-state index contributed by atoms with van der Waals surface area (Å²) in [5.41, 5.74) is 2.19. The second-order valence-electron chi connectivity index (χ2n) is 5.58. The van der Waals surface area contributed by atoms with Crippen LogP contribution in [0.25, 0.3) is 0 Å². The maximum atomic E-state index is 12.6. The van der Waals surface area contributed by atoms with Crippen molar-refractivity contribution in [2.75, 3.05) is 10.6 Å². The number of para-hydroxylation sites is 1. The molecule has 0 saturated heterocycles. The molecule has 2 aromatic carbocycles. The fourth-order valence-corrected chi connectivity index (χ4v) is 2.62. The lowest BCUT2D eigenvalue weighted by molar-refractivity contribution is 0.102. The number of hydrogen-bond donors (Lipinski definition) is 2. The summed E-state index contributed by atoms with van der Waals surface area (Å²) in [5.74, 6) is -0.201. The van der Waals surface area contributed by atoms with Crippen molar-refractivity contribution in [1.82, 2.24) is 9.97 Å². The second-order valence-corrected chi connectivity index (χ2v) is 6.40. The standard InChI is InChI=1S/C19H13Cl2N5O/c1-11-8-17(18(27)25-16-5-3-2-4-12(16)10-22)26-19(23-11)24-13-6-7-14(20)15(21)9-13/h2-9H,1H3,(H,25,27)(H,23,24,26). The third-order valence-corrected chi connectivity index (χ3v) is 4.30. The van der Waals surface area contributed by atoms with Crippen molar-refractivity contribution in [3.63, 3.8) is 0 Å². The van der Waals surface area contributed by atoms with Crippen molar-refractivity contribution >= 4 is 46.4 Å². The van der Waals surface area contributed by atoms with E-state index in [-0.39, 0.29) is 11.6 Å². The molecule has 3 aromatic rings. The van der Waals surface area contributed by atoms with Crippen molar-refractivity contribution in [1.29, 1.82) is 5.26 Å². The first kappa shape index (κ1) is 18.6. The van der Waals surface area contributed by atoms with Crippen molar-refractivity contribution < 1.29 is 4.79 Å². The van der Waals surface area contributed by atoms with Gasteiger partial charge in [-0.15, -0.1) is 0 Å². The summed E-state index contributed by atoms with van der Waals surface area (Å²) in [5, 5.41) is 15.7. The molecule has 1 aromatic heterocycles. The molecule has 0 radical (unpaired) electrons. The molecule has 3 rings (SSSR count). The number of halogens is 2. The van der Waals surface area contributed by atoms with Crippen LogP contribution in [0, 0.1) is 18.3 Å². The number of aryl methyl sites for hydroxylation is 1. The Morgan fingerprint density at radius 2 is 1.85 bits per heavy atom. The molecular weight excluding hydrogens is 385 g/mol. The first-order valence-corrected chi connectivity index (χ1v) is 8.60. The molecule has 0 spiro atoms. The van der Waals surface area contributed by atoms with Crippen LogP contribution >= 0.6 is 23.2 Å². The minimum atomic E-state index is -0.444. The smallest absolute Gasteiger partial charge is 0.274 e. The number of nitrogens with one attached hydrogen (secondary N) is 2. The van der Waals surface area contributed by atoms with E-state index in [0.29, 0.717) is 32.7 Å². The van der Waals surface area contributed by atoms with Gasteiger partial charge in [0.15, 0.2) is 0 Å². The summed E-state index contributed by atoms with van der Waals surface area (Å²) < 4.78 is 0. The minimum absolute atomic E-state index is 0.165. The van der Waals surface area contributed by atoms with Gasteiger partial charge in [0.2, 0.25) is 5.95 Å². The molecule has 0 aliphatic rings. The molecule has 6 nitrogen and oxygen atoms in total. The summed E-state index contributed by atoms with van der Waals surface area (Å²) in [6, 6.07) is 15.3. The first-order valence-electron chi connectivity index (χ1n) is 7.84. The summed E-state index contributed by atoms with van der Waals surface area (Å²) in [4.78, 5) is 21.1. The average Bonchev–Trinajstić information content (AvgIpc) is 2.64. The molecule has 0 aliphatic heterocycles. The molecule has 0 aliphatic carbocycles. The van der Waals surface area contributed by atoms with Crippen LogP contribution in [0.2, 0.25) is 10.0 Å². The van der Waals surface area contributed by atoms with Gasteiger partial charge in [-0.05, 0) is 43.3 Å². The molecule has 0 bridgehead atoms. The molecule has 0 saturated carbocycles. The third-order valence-electron chi connectivity index (χ3n) is 3.56. The van der Waals surface area contributed by atoms with E-state index < -0.39 is 5.91 Å². The fraction of sp³-hybridized carbons (Fsp3) is 0.0526. The number of nitriles is 1. The van der Waals surface area contributed by atoms with Crippen molar-refractivity contribution in [3.05, 3.63) is 75.5 Å². The molecular formula is C19H13Cl2N5O. The van der Waals surface area contributed by atoms with E-state index in [1.165, 1.54) is 0 Å². The van der Waals surface area contributed by atoms with Crippen LogP contribution in [0.3, 0.4) is 0 Å². The highest BCUT2D eigenvalue weighted by molar-refractivity contribution is 6.42. The SMILES string of the molecule is Cc1cc(C(=O)Nc2ccccc2C#N)nc(Nc2ccc(Cl)c(Cl)c2)n1. The number of anilines is 3. The Labute approximate surface area is 165 Å². The Morgan fingerprint density at radius 1 is 1.07 bits per heavy atom. The molecule has 8 heteroatoms. The number of benzene rings is 2. The highest BCUT2D eigenvalue weighted by Gasteiger charge is 2.13. The Balaban J connectivity index is 1.85. The molecule has 134 valence electrons. The zero-order chi connectivity index (χ0) is 19.4. The highest BCUT2D eigenvalue weighted by Crippen LogP contribution is 2.26. The van der Waals surface area contributed by atoms with Gasteiger partial charge in [0, 0.05) is 11.4 Å². The Bertz CT molecular complexity index is 1060. The van der Waals surface area contributed by atoms with E-state index in [0.717, 1.165) is 0 Å². The van der Waals surface area contributed by atoms with Crippen LogP contribution in [-0.2, 0) is 0 Å². The van der Waals surface area contributed by atoms with E-state index >= 15 is 0 Å². The number of carbonyl (C=O) groups excluding carboxylic acids is 1. The summed E-state index contributed by atoms with van der Waals surface area (Å²) in [7, 11) is 0. The molecule has 1 amide bonds. The fourth-order valence-electron chi connectivity index (χ4n) is 2.32. The van der Waals surface area contributed by atoms with Crippen LogP contribution in [0.4, 0.5) is 17.3 Å². The monoisotopic (exact) mass is 397 g/mol. The average molecular weight is 398 g/mol. The van der Waals surface area contributed by atoms with Crippen LogP contribution < -0.4 is 10.6 Å². The largest absolute Gasteiger partial charge is 0.324 e. The van der Waals surface area contributed by atoms with Gasteiger partial charge >= 0.3 is 0 Å². The highest BCUT2D eigenvalue weighted by atomic mass is 35.5. The van der Waals surface area contributed by atoms with Crippen molar-refractivity contribution in [3.8, 4) is 6.07 Å².